The van der Waals surface area contributed by atoms with Gasteiger partial charge in [0, 0.05) is 75.4 Å². The molecule has 0 spiro atoms. The molecule has 2 aromatic rings. The molecule has 1 saturated carbocycles. The van der Waals surface area contributed by atoms with Crippen molar-refractivity contribution in [1.29, 1.82) is 0 Å². The number of nitrogens with zero attached hydrogens (tertiary/aromatic N) is 5. The summed E-state index contributed by atoms with van der Waals surface area (Å²) in [7, 11) is 2.19. The molecule has 3 aliphatic rings. The van der Waals surface area contributed by atoms with Crippen LogP contribution < -0.4 is 0 Å². The molecule has 2 aliphatic heterocycles. The molecule has 31 heavy (non-hydrogen) atoms. The third-order valence-corrected chi connectivity index (χ3v) is 7.58. The van der Waals surface area contributed by atoms with Crippen LogP contribution in [0.3, 0.4) is 0 Å². The molecule has 3 fully saturated rings. The molecule has 6 heteroatoms. The summed E-state index contributed by atoms with van der Waals surface area (Å²) in [6.45, 7) is 9.60. The van der Waals surface area contributed by atoms with Crippen molar-refractivity contribution in [1.82, 2.24) is 24.7 Å². The fourth-order valence-corrected chi connectivity index (χ4v) is 5.81. The highest BCUT2D eigenvalue weighted by Gasteiger charge is 2.43. The highest BCUT2D eigenvalue weighted by Crippen LogP contribution is 2.39. The lowest BCUT2D eigenvalue weighted by atomic mass is 9.77. The maximum Gasteiger partial charge on any atom is 0.159 e. The van der Waals surface area contributed by atoms with Gasteiger partial charge in [0.25, 0.3) is 0 Å². The number of aliphatic hydroxyl groups excluding tert-OH is 1. The Morgan fingerprint density at radius 1 is 1.00 bits per heavy atom. The average Bonchev–Trinajstić information content (AvgIpc) is 3.15. The number of likely N-dealkylation sites (N-methyl/N-ethyl adjacent to an activating group) is 1. The van der Waals surface area contributed by atoms with Gasteiger partial charge in [-0.05, 0) is 44.7 Å². The molecular weight excluding hydrogens is 386 g/mol. The summed E-state index contributed by atoms with van der Waals surface area (Å²) in [6, 6.07) is 8.68. The van der Waals surface area contributed by atoms with Gasteiger partial charge in [0.15, 0.2) is 5.82 Å². The van der Waals surface area contributed by atoms with Crippen LogP contribution in [0.1, 0.15) is 24.0 Å². The molecular formula is C25H35N5O. The van der Waals surface area contributed by atoms with Crippen LogP contribution in [0.15, 0.2) is 36.7 Å². The van der Waals surface area contributed by atoms with Crippen LogP contribution in [0.2, 0.25) is 0 Å². The first-order chi connectivity index (χ1) is 15.0. The highest BCUT2D eigenvalue weighted by molar-refractivity contribution is 5.55. The zero-order chi connectivity index (χ0) is 21.4. The van der Waals surface area contributed by atoms with Gasteiger partial charge in [-0.3, -0.25) is 9.80 Å². The highest BCUT2D eigenvalue weighted by atomic mass is 16.3. The zero-order valence-corrected chi connectivity index (χ0v) is 18.8. The lowest BCUT2D eigenvalue weighted by Crippen LogP contribution is -2.55. The van der Waals surface area contributed by atoms with E-state index in [0.717, 1.165) is 70.0 Å². The van der Waals surface area contributed by atoms with E-state index in [2.05, 4.69) is 62.9 Å². The molecule has 0 radical (unpaired) electrons. The second-order valence-electron chi connectivity index (χ2n) is 9.94. The van der Waals surface area contributed by atoms with Crippen molar-refractivity contribution >= 4 is 0 Å². The molecule has 4 atom stereocenters. The van der Waals surface area contributed by atoms with E-state index in [0.29, 0.717) is 17.9 Å². The minimum absolute atomic E-state index is 0.179. The lowest BCUT2D eigenvalue weighted by Gasteiger charge is -2.44. The third kappa shape index (κ3) is 4.67. The smallest absolute Gasteiger partial charge is 0.159 e. The predicted molar refractivity (Wildman–Crippen MR) is 123 cm³/mol. The van der Waals surface area contributed by atoms with Crippen LogP contribution in [-0.2, 0) is 6.54 Å². The Balaban J connectivity index is 1.19. The summed E-state index contributed by atoms with van der Waals surface area (Å²) < 4.78 is 0. The number of likely N-dealkylation sites (tertiary alicyclic amines) is 1. The average molecular weight is 422 g/mol. The second kappa shape index (κ2) is 8.94. The second-order valence-corrected chi connectivity index (χ2v) is 9.94. The molecule has 6 nitrogen and oxygen atoms in total. The number of aliphatic hydroxyl groups is 1. The summed E-state index contributed by atoms with van der Waals surface area (Å²) >= 11 is 0. The van der Waals surface area contributed by atoms with Crippen molar-refractivity contribution in [3.63, 3.8) is 0 Å². The van der Waals surface area contributed by atoms with Crippen molar-refractivity contribution in [2.24, 2.45) is 11.8 Å². The van der Waals surface area contributed by atoms with Gasteiger partial charge in [0.05, 0.1) is 6.10 Å². The van der Waals surface area contributed by atoms with Gasteiger partial charge in [-0.1, -0.05) is 23.8 Å². The molecule has 2 saturated heterocycles. The molecule has 1 aliphatic carbocycles. The molecule has 166 valence electrons. The largest absolute Gasteiger partial charge is 0.391 e. The fourth-order valence-electron chi connectivity index (χ4n) is 5.81. The topological polar surface area (TPSA) is 55.7 Å². The summed E-state index contributed by atoms with van der Waals surface area (Å²) in [5.74, 6) is 2.10. The van der Waals surface area contributed by atoms with Crippen LogP contribution in [0.5, 0.6) is 0 Å². The van der Waals surface area contributed by atoms with E-state index in [1.165, 1.54) is 11.1 Å². The van der Waals surface area contributed by atoms with Crippen LogP contribution >= 0.6 is 0 Å². The first-order valence-corrected chi connectivity index (χ1v) is 11.8. The minimum atomic E-state index is -0.179. The van der Waals surface area contributed by atoms with E-state index in [9.17, 15) is 5.11 Å². The number of hydrogen-bond acceptors (Lipinski definition) is 6. The zero-order valence-electron chi connectivity index (χ0n) is 18.8. The molecule has 1 N–H and O–H groups in total. The van der Waals surface area contributed by atoms with Gasteiger partial charge in [-0.2, -0.15) is 0 Å². The quantitative estimate of drug-likeness (QED) is 0.817. The van der Waals surface area contributed by atoms with Crippen LogP contribution in [0.25, 0.3) is 11.4 Å². The number of hydrogen-bond donors (Lipinski definition) is 1. The lowest BCUT2D eigenvalue weighted by molar-refractivity contribution is -0.0249. The Labute approximate surface area is 185 Å². The van der Waals surface area contributed by atoms with Crippen LogP contribution in [-0.4, -0.2) is 88.2 Å². The Morgan fingerprint density at radius 2 is 1.71 bits per heavy atom. The molecule has 3 heterocycles. The predicted octanol–water partition coefficient (Wildman–Crippen LogP) is 2.27. The Kier molecular flexibility index (Phi) is 6.06. The molecule has 0 amide bonds. The standard InChI is InChI=1S/C25H35N5O/c1-18-4-3-5-20(10-18)25-26-13-19(14-27-25)15-29-16-21-11-23(24(31)12-22(21)17-29)30-8-6-28(2)7-9-30/h3-5,10,13-14,21-24,31H,6-9,11-12,15-17H2,1-2H3/t21-,22+,23-,24-/m1/s1. The SMILES string of the molecule is Cc1cccc(-c2ncc(CN3C[C@H]4C[C@@H](N5CCN(C)CC5)[C@H](O)C[C@H]4C3)cn2)c1. The van der Waals surface area contributed by atoms with Gasteiger partial charge < -0.3 is 10.0 Å². The Morgan fingerprint density at radius 3 is 2.42 bits per heavy atom. The van der Waals surface area contributed by atoms with E-state index in [4.69, 9.17) is 0 Å². The number of aryl methyl sites for hydroxylation is 1. The van der Waals surface area contributed by atoms with Crippen molar-refractivity contribution in [3.8, 4) is 11.4 Å². The van der Waals surface area contributed by atoms with Gasteiger partial charge in [0.2, 0.25) is 0 Å². The fraction of sp³-hybridized carbons (Fsp3) is 0.600. The summed E-state index contributed by atoms with van der Waals surface area (Å²) in [5, 5.41) is 10.9. The molecule has 1 aromatic heterocycles. The van der Waals surface area contributed by atoms with Crippen molar-refractivity contribution in [3.05, 3.63) is 47.8 Å². The maximum absolute atomic E-state index is 10.9. The summed E-state index contributed by atoms with van der Waals surface area (Å²) in [4.78, 5) is 16.7. The van der Waals surface area contributed by atoms with Gasteiger partial charge in [-0.25, -0.2) is 9.97 Å². The Bertz CT molecular complexity index is 880. The van der Waals surface area contributed by atoms with E-state index in [1.54, 1.807) is 0 Å². The van der Waals surface area contributed by atoms with Crippen molar-refractivity contribution in [2.45, 2.75) is 38.5 Å². The minimum Gasteiger partial charge on any atom is -0.391 e. The van der Waals surface area contributed by atoms with Gasteiger partial charge in [-0.15, -0.1) is 0 Å². The number of fused-ring (bicyclic) bond motifs is 1. The van der Waals surface area contributed by atoms with Crippen molar-refractivity contribution < 1.29 is 5.11 Å². The first kappa shape index (κ1) is 21.0. The van der Waals surface area contributed by atoms with Crippen LogP contribution in [0.4, 0.5) is 0 Å². The normalized spacial score (nSPS) is 30.4. The number of aromatic nitrogens is 2. The first-order valence-electron chi connectivity index (χ1n) is 11.8. The van der Waals surface area contributed by atoms with E-state index >= 15 is 0 Å². The Hall–Kier alpha value is -1.86. The molecule has 1 aromatic carbocycles. The number of piperazine rings is 1. The monoisotopic (exact) mass is 421 g/mol. The summed E-state index contributed by atoms with van der Waals surface area (Å²) in [5.41, 5.74) is 3.47. The maximum atomic E-state index is 10.9. The summed E-state index contributed by atoms with van der Waals surface area (Å²) in [6.07, 6.45) is 5.86. The van der Waals surface area contributed by atoms with Gasteiger partial charge >= 0.3 is 0 Å². The third-order valence-electron chi connectivity index (χ3n) is 7.58. The number of rotatable bonds is 4. The number of benzene rings is 1. The van der Waals surface area contributed by atoms with Crippen molar-refractivity contribution in [2.75, 3.05) is 46.3 Å². The van der Waals surface area contributed by atoms with E-state index in [-0.39, 0.29) is 6.10 Å². The molecule has 0 unspecified atom stereocenters. The molecule has 5 rings (SSSR count). The molecule has 0 bridgehead atoms. The van der Waals surface area contributed by atoms with Crippen LogP contribution in [0, 0.1) is 18.8 Å². The van der Waals surface area contributed by atoms with Gasteiger partial charge in [0.1, 0.15) is 0 Å². The van der Waals surface area contributed by atoms with E-state index in [1.807, 2.05) is 12.4 Å². The van der Waals surface area contributed by atoms with E-state index < -0.39 is 0 Å².